The molecule has 0 saturated carbocycles. The molecule has 0 aliphatic carbocycles. The lowest BCUT2D eigenvalue weighted by molar-refractivity contribution is 0.0985. The molecule has 0 N–H and O–H groups in total. The lowest BCUT2D eigenvalue weighted by Crippen LogP contribution is -2.36. The number of rotatable bonds is 2. The number of carbonyl (C=O) groups excluding carboxylic acids is 1. The maximum atomic E-state index is 12.8. The molecule has 23 heavy (non-hydrogen) atoms. The SMILES string of the molecule is CS(=O)(=O)c1cccc2c1CCCN2C(=O)c1csc(Cl)c1Cl. The maximum Gasteiger partial charge on any atom is 0.260 e. The summed E-state index contributed by atoms with van der Waals surface area (Å²) in [6.07, 6.45) is 2.50. The monoisotopic (exact) mass is 389 g/mol. The molecule has 0 unspecified atom stereocenters. The number of nitrogens with zero attached hydrogens (tertiary/aromatic N) is 1. The van der Waals surface area contributed by atoms with Gasteiger partial charge in [-0.2, -0.15) is 0 Å². The third-order valence-corrected chi connectivity index (χ3v) is 6.78. The van der Waals surface area contributed by atoms with Crippen molar-refractivity contribution in [1.29, 1.82) is 0 Å². The molecule has 0 atom stereocenters. The summed E-state index contributed by atoms with van der Waals surface area (Å²) in [4.78, 5) is 14.7. The van der Waals surface area contributed by atoms with Crippen molar-refractivity contribution >= 4 is 56.0 Å². The second kappa shape index (κ2) is 6.09. The minimum absolute atomic E-state index is 0.244. The standard InChI is InChI=1S/C15H13Cl2NO3S2/c1-23(20,21)12-6-2-5-11-9(12)4-3-7-18(11)15(19)10-8-22-14(17)13(10)16/h2,5-6,8H,3-4,7H2,1H3. The molecule has 2 heterocycles. The Kier molecular flexibility index (Phi) is 4.44. The zero-order valence-electron chi connectivity index (χ0n) is 12.2. The quantitative estimate of drug-likeness (QED) is 0.778. The predicted molar refractivity (Wildman–Crippen MR) is 93.9 cm³/mol. The number of benzene rings is 1. The Bertz CT molecular complexity index is 890. The van der Waals surface area contributed by atoms with Gasteiger partial charge in [0.25, 0.3) is 5.91 Å². The molecule has 1 aromatic carbocycles. The van der Waals surface area contributed by atoms with E-state index in [0.717, 1.165) is 0 Å². The Balaban J connectivity index is 2.09. The van der Waals surface area contributed by atoms with E-state index in [9.17, 15) is 13.2 Å². The Labute approximate surface area is 148 Å². The van der Waals surface area contributed by atoms with Crippen molar-refractivity contribution < 1.29 is 13.2 Å². The fourth-order valence-electron chi connectivity index (χ4n) is 2.76. The van der Waals surface area contributed by atoms with Crippen molar-refractivity contribution in [1.82, 2.24) is 0 Å². The molecule has 1 amide bonds. The molecule has 122 valence electrons. The second-order valence-corrected chi connectivity index (χ2v) is 9.17. The molecule has 4 nitrogen and oxygen atoms in total. The van der Waals surface area contributed by atoms with Gasteiger partial charge in [-0.1, -0.05) is 29.3 Å². The van der Waals surface area contributed by atoms with Crippen molar-refractivity contribution in [3.05, 3.63) is 44.1 Å². The minimum atomic E-state index is -3.35. The van der Waals surface area contributed by atoms with Crippen LogP contribution in [0, 0.1) is 0 Å². The molecular weight excluding hydrogens is 377 g/mol. The summed E-state index contributed by atoms with van der Waals surface area (Å²) in [5, 5.41) is 1.87. The lowest BCUT2D eigenvalue weighted by atomic mass is 10.0. The lowest BCUT2D eigenvalue weighted by Gasteiger charge is -2.30. The first-order chi connectivity index (χ1) is 10.8. The molecule has 0 radical (unpaired) electrons. The maximum absolute atomic E-state index is 12.8. The van der Waals surface area contributed by atoms with E-state index in [4.69, 9.17) is 23.2 Å². The molecule has 1 aromatic heterocycles. The molecule has 3 rings (SSSR count). The Morgan fingerprint density at radius 3 is 2.65 bits per heavy atom. The highest BCUT2D eigenvalue weighted by atomic mass is 35.5. The van der Waals surface area contributed by atoms with E-state index in [1.807, 2.05) is 0 Å². The van der Waals surface area contributed by atoms with Crippen LogP contribution in [0.3, 0.4) is 0 Å². The number of sulfone groups is 1. The molecule has 1 aliphatic heterocycles. The van der Waals surface area contributed by atoms with E-state index in [-0.39, 0.29) is 15.8 Å². The van der Waals surface area contributed by atoms with Gasteiger partial charge >= 0.3 is 0 Å². The molecule has 0 saturated heterocycles. The van der Waals surface area contributed by atoms with Gasteiger partial charge in [0.1, 0.15) is 4.34 Å². The third kappa shape index (κ3) is 3.01. The summed E-state index contributed by atoms with van der Waals surface area (Å²) < 4.78 is 24.3. The fourth-order valence-corrected chi connectivity index (χ4v) is 4.96. The number of amides is 1. The number of thiophene rings is 1. The van der Waals surface area contributed by atoms with Crippen molar-refractivity contribution in [2.75, 3.05) is 17.7 Å². The zero-order chi connectivity index (χ0) is 16.8. The van der Waals surface area contributed by atoms with Crippen LogP contribution in [0.4, 0.5) is 5.69 Å². The minimum Gasteiger partial charge on any atom is -0.308 e. The van der Waals surface area contributed by atoms with E-state index in [1.165, 1.54) is 17.6 Å². The summed E-state index contributed by atoms with van der Waals surface area (Å²) in [6.45, 7) is 0.517. The van der Waals surface area contributed by atoms with Crippen LogP contribution in [-0.4, -0.2) is 27.1 Å². The predicted octanol–water partition coefficient (Wildman–Crippen LogP) is 4.05. The summed E-state index contributed by atoms with van der Waals surface area (Å²) in [5.41, 5.74) is 1.66. The van der Waals surface area contributed by atoms with Crippen LogP contribution in [0.1, 0.15) is 22.3 Å². The number of anilines is 1. The van der Waals surface area contributed by atoms with Gasteiger partial charge in [-0.15, -0.1) is 11.3 Å². The Morgan fingerprint density at radius 1 is 1.30 bits per heavy atom. The van der Waals surface area contributed by atoms with Crippen LogP contribution in [0.2, 0.25) is 9.36 Å². The normalized spacial score (nSPS) is 14.7. The average Bonchev–Trinajstić information content (AvgIpc) is 2.84. The van der Waals surface area contributed by atoms with E-state index in [1.54, 1.807) is 28.5 Å². The first-order valence-corrected chi connectivity index (χ1v) is 10.4. The van der Waals surface area contributed by atoms with Gasteiger partial charge in [-0.05, 0) is 30.5 Å². The van der Waals surface area contributed by atoms with Crippen LogP contribution < -0.4 is 4.90 Å². The smallest absolute Gasteiger partial charge is 0.260 e. The largest absolute Gasteiger partial charge is 0.308 e. The van der Waals surface area contributed by atoms with Crippen LogP contribution in [0.25, 0.3) is 0 Å². The topological polar surface area (TPSA) is 54.5 Å². The van der Waals surface area contributed by atoms with Crippen molar-refractivity contribution in [2.24, 2.45) is 0 Å². The van der Waals surface area contributed by atoms with Gasteiger partial charge in [0.05, 0.1) is 15.5 Å². The highest BCUT2D eigenvalue weighted by Gasteiger charge is 2.29. The van der Waals surface area contributed by atoms with Crippen LogP contribution in [0.15, 0.2) is 28.5 Å². The summed E-state index contributed by atoms with van der Waals surface area (Å²) in [6, 6.07) is 5.00. The molecule has 0 spiro atoms. The number of hydrogen-bond donors (Lipinski definition) is 0. The molecule has 1 aliphatic rings. The Morgan fingerprint density at radius 2 is 2.04 bits per heavy atom. The molecule has 0 bridgehead atoms. The third-order valence-electron chi connectivity index (χ3n) is 3.77. The van der Waals surface area contributed by atoms with E-state index >= 15 is 0 Å². The number of carbonyl (C=O) groups is 1. The highest BCUT2D eigenvalue weighted by molar-refractivity contribution is 7.90. The molecule has 2 aromatic rings. The molecular formula is C15H13Cl2NO3S2. The van der Waals surface area contributed by atoms with Gasteiger partial charge < -0.3 is 4.90 Å². The van der Waals surface area contributed by atoms with Gasteiger partial charge in [0, 0.05) is 23.9 Å². The van der Waals surface area contributed by atoms with Crippen molar-refractivity contribution in [3.8, 4) is 0 Å². The second-order valence-electron chi connectivity index (χ2n) is 5.32. The van der Waals surface area contributed by atoms with Crippen LogP contribution in [0.5, 0.6) is 0 Å². The molecule has 8 heteroatoms. The van der Waals surface area contributed by atoms with E-state index in [2.05, 4.69) is 0 Å². The summed E-state index contributed by atoms with van der Waals surface area (Å²) in [5.74, 6) is -0.259. The molecule has 0 fully saturated rings. The van der Waals surface area contributed by atoms with Crippen molar-refractivity contribution in [2.45, 2.75) is 17.7 Å². The van der Waals surface area contributed by atoms with Gasteiger partial charge in [-0.3, -0.25) is 4.79 Å². The van der Waals surface area contributed by atoms with E-state index in [0.29, 0.717) is 40.5 Å². The van der Waals surface area contributed by atoms with Gasteiger partial charge in [0.2, 0.25) is 0 Å². The summed E-state index contributed by atoms with van der Waals surface area (Å²) in [7, 11) is -3.35. The fraction of sp³-hybridized carbons (Fsp3) is 0.267. The Hall–Kier alpha value is -1.08. The van der Waals surface area contributed by atoms with Gasteiger partial charge in [-0.25, -0.2) is 8.42 Å². The number of halogens is 2. The van der Waals surface area contributed by atoms with Crippen LogP contribution in [-0.2, 0) is 16.3 Å². The van der Waals surface area contributed by atoms with Crippen molar-refractivity contribution in [3.63, 3.8) is 0 Å². The number of hydrogen-bond acceptors (Lipinski definition) is 4. The van der Waals surface area contributed by atoms with E-state index < -0.39 is 9.84 Å². The first kappa shape index (κ1) is 16.8. The number of fused-ring (bicyclic) bond motifs is 1. The summed E-state index contributed by atoms with van der Waals surface area (Å²) >= 11 is 13.2. The van der Waals surface area contributed by atoms with Gasteiger partial charge in [0.15, 0.2) is 9.84 Å². The first-order valence-electron chi connectivity index (χ1n) is 6.87. The zero-order valence-corrected chi connectivity index (χ0v) is 15.3. The average molecular weight is 390 g/mol. The van der Waals surface area contributed by atoms with Crippen LogP contribution >= 0.6 is 34.5 Å². The highest BCUT2D eigenvalue weighted by Crippen LogP contribution is 2.37.